The number of nitro benzene ring substituents is 1. The van der Waals surface area contributed by atoms with E-state index < -0.39 is 0 Å². The van der Waals surface area contributed by atoms with Crippen LogP contribution in [0.25, 0.3) is 0 Å². The van der Waals surface area contributed by atoms with Crippen molar-refractivity contribution in [2.75, 3.05) is 13.1 Å². The number of hydrogen-bond donors (Lipinski definition) is 1. The lowest BCUT2D eigenvalue weighted by molar-refractivity contribution is -0.385. The maximum absolute atomic E-state index is 10.8. The van der Waals surface area contributed by atoms with Crippen LogP contribution in [0.15, 0.2) is 24.3 Å². The van der Waals surface area contributed by atoms with Crippen LogP contribution in [0, 0.1) is 10.1 Å². The number of nitro groups is 1. The summed E-state index contributed by atoms with van der Waals surface area (Å²) in [6, 6.07) is 7.05. The highest BCUT2D eigenvalue weighted by Gasteiger charge is 2.22. The Labute approximate surface area is 101 Å². The number of nitrogens with one attached hydrogen (secondary N) is 1. The standard InChI is InChI=1S/C11H14N2O2.ClH/c14-13(15)11-6-2-1-5-10(11)9-4-3-7-12-8-9;/h1-2,5-6,9,12H,3-4,7-8H2;1H. The molecule has 1 N–H and O–H groups in total. The van der Waals surface area contributed by atoms with Gasteiger partial charge in [0, 0.05) is 24.1 Å². The summed E-state index contributed by atoms with van der Waals surface area (Å²) < 4.78 is 0. The Morgan fingerprint density at radius 2 is 2.12 bits per heavy atom. The Kier molecular flexibility index (Phi) is 4.71. The zero-order chi connectivity index (χ0) is 10.7. The van der Waals surface area contributed by atoms with E-state index in [1.807, 2.05) is 12.1 Å². The number of nitrogens with zero attached hydrogens (tertiary/aromatic N) is 1. The van der Waals surface area contributed by atoms with Gasteiger partial charge in [0.05, 0.1) is 4.92 Å². The number of halogens is 1. The molecule has 0 bridgehead atoms. The van der Waals surface area contributed by atoms with Crippen molar-refractivity contribution >= 4 is 18.1 Å². The number of rotatable bonds is 2. The van der Waals surface area contributed by atoms with E-state index >= 15 is 0 Å². The van der Waals surface area contributed by atoms with Gasteiger partial charge in [0.2, 0.25) is 0 Å². The Morgan fingerprint density at radius 3 is 2.75 bits per heavy atom. The fourth-order valence-corrected chi connectivity index (χ4v) is 2.12. The summed E-state index contributed by atoms with van der Waals surface area (Å²) in [7, 11) is 0. The average Bonchev–Trinajstić information content (AvgIpc) is 2.30. The lowest BCUT2D eigenvalue weighted by atomic mass is 9.90. The molecule has 1 aliphatic rings. The van der Waals surface area contributed by atoms with Gasteiger partial charge < -0.3 is 5.32 Å². The van der Waals surface area contributed by atoms with E-state index in [9.17, 15) is 10.1 Å². The van der Waals surface area contributed by atoms with Gasteiger partial charge in [-0.15, -0.1) is 12.4 Å². The second-order valence-corrected chi connectivity index (χ2v) is 3.86. The number of para-hydroxylation sites is 1. The molecule has 0 aromatic heterocycles. The molecule has 1 saturated heterocycles. The van der Waals surface area contributed by atoms with Gasteiger partial charge in [0.1, 0.15) is 0 Å². The summed E-state index contributed by atoms with van der Waals surface area (Å²) in [4.78, 5) is 10.6. The summed E-state index contributed by atoms with van der Waals surface area (Å²) in [5.74, 6) is 0.292. The molecule has 0 amide bonds. The largest absolute Gasteiger partial charge is 0.316 e. The molecule has 1 aliphatic heterocycles. The smallest absolute Gasteiger partial charge is 0.272 e. The first-order chi connectivity index (χ1) is 7.29. The van der Waals surface area contributed by atoms with Gasteiger partial charge in [-0.2, -0.15) is 0 Å². The minimum atomic E-state index is -0.288. The molecular formula is C11H15ClN2O2. The molecule has 1 fully saturated rings. The van der Waals surface area contributed by atoms with Crippen molar-refractivity contribution in [3.05, 3.63) is 39.9 Å². The first-order valence-electron chi connectivity index (χ1n) is 5.23. The maximum Gasteiger partial charge on any atom is 0.272 e. The molecule has 1 atom stereocenters. The quantitative estimate of drug-likeness (QED) is 0.640. The summed E-state index contributed by atoms with van der Waals surface area (Å²) >= 11 is 0. The molecule has 2 rings (SSSR count). The molecule has 0 spiro atoms. The minimum absolute atomic E-state index is 0. The predicted octanol–water partition coefficient (Wildman–Crippen LogP) is 2.48. The highest BCUT2D eigenvalue weighted by Crippen LogP contribution is 2.30. The molecule has 0 radical (unpaired) electrons. The van der Waals surface area contributed by atoms with Crippen molar-refractivity contribution < 1.29 is 4.92 Å². The summed E-state index contributed by atoms with van der Waals surface area (Å²) in [6.45, 7) is 1.88. The van der Waals surface area contributed by atoms with Crippen LogP contribution in [-0.4, -0.2) is 18.0 Å². The van der Waals surface area contributed by atoms with Gasteiger partial charge in [0.15, 0.2) is 0 Å². The topological polar surface area (TPSA) is 55.2 Å². The first kappa shape index (κ1) is 12.9. The third-order valence-electron chi connectivity index (χ3n) is 2.87. The molecule has 5 heteroatoms. The van der Waals surface area contributed by atoms with Crippen LogP contribution in [-0.2, 0) is 0 Å². The van der Waals surface area contributed by atoms with Crippen LogP contribution in [0.4, 0.5) is 5.69 Å². The second-order valence-electron chi connectivity index (χ2n) is 3.86. The highest BCUT2D eigenvalue weighted by atomic mass is 35.5. The summed E-state index contributed by atoms with van der Waals surface area (Å²) in [5.41, 5.74) is 1.13. The molecule has 16 heavy (non-hydrogen) atoms. The van der Waals surface area contributed by atoms with Crippen molar-refractivity contribution in [3.8, 4) is 0 Å². The lowest BCUT2D eigenvalue weighted by Crippen LogP contribution is -2.28. The molecule has 88 valence electrons. The van der Waals surface area contributed by atoms with Crippen molar-refractivity contribution in [2.24, 2.45) is 0 Å². The molecule has 1 heterocycles. The van der Waals surface area contributed by atoms with Gasteiger partial charge in [-0.1, -0.05) is 18.2 Å². The Hall–Kier alpha value is -1.13. The van der Waals surface area contributed by atoms with Gasteiger partial charge in [0.25, 0.3) is 5.69 Å². The van der Waals surface area contributed by atoms with E-state index in [0.29, 0.717) is 5.92 Å². The van der Waals surface area contributed by atoms with Crippen LogP contribution < -0.4 is 5.32 Å². The monoisotopic (exact) mass is 242 g/mol. The second kappa shape index (κ2) is 5.82. The van der Waals surface area contributed by atoms with Gasteiger partial charge >= 0.3 is 0 Å². The molecular weight excluding hydrogens is 228 g/mol. The lowest BCUT2D eigenvalue weighted by Gasteiger charge is -2.22. The Bertz CT molecular complexity index is 365. The third-order valence-corrected chi connectivity index (χ3v) is 2.87. The van der Waals surface area contributed by atoms with Crippen LogP contribution in [0.3, 0.4) is 0 Å². The van der Waals surface area contributed by atoms with E-state index in [1.54, 1.807) is 12.1 Å². The SMILES string of the molecule is Cl.O=[N+]([O-])c1ccccc1C1CCCNC1. The molecule has 1 aromatic rings. The highest BCUT2D eigenvalue weighted by molar-refractivity contribution is 5.85. The Morgan fingerprint density at radius 1 is 1.38 bits per heavy atom. The first-order valence-corrected chi connectivity index (χ1v) is 5.23. The number of benzene rings is 1. The summed E-state index contributed by atoms with van der Waals surface area (Å²) in [6.07, 6.45) is 2.13. The van der Waals surface area contributed by atoms with Crippen molar-refractivity contribution in [2.45, 2.75) is 18.8 Å². The average molecular weight is 243 g/mol. The maximum atomic E-state index is 10.8. The summed E-state index contributed by atoms with van der Waals surface area (Å²) in [5, 5.41) is 14.1. The van der Waals surface area contributed by atoms with Crippen molar-refractivity contribution in [1.29, 1.82) is 0 Å². The number of piperidine rings is 1. The van der Waals surface area contributed by atoms with Gasteiger partial charge in [-0.25, -0.2) is 0 Å². The van der Waals surface area contributed by atoms with Crippen molar-refractivity contribution in [3.63, 3.8) is 0 Å². The molecule has 1 unspecified atom stereocenters. The Balaban J connectivity index is 0.00000128. The molecule has 1 aromatic carbocycles. The third kappa shape index (κ3) is 2.71. The molecule has 0 saturated carbocycles. The zero-order valence-electron chi connectivity index (χ0n) is 8.89. The van der Waals surface area contributed by atoms with Gasteiger partial charge in [-0.3, -0.25) is 10.1 Å². The fraction of sp³-hybridized carbons (Fsp3) is 0.455. The van der Waals surface area contributed by atoms with Crippen LogP contribution in [0.2, 0.25) is 0 Å². The fourth-order valence-electron chi connectivity index (χ4n) is 2.12. The van der Waals surface area contributed by atoms with E-state index in [-0.39, 0.29) is 23.0 Å². The van der Waals surface area contributed by atoms with Crippen LogP contribution in [0.5, 0.6) is 0 Å². The van der Waals surface area contributed by atoms with E-state index in [0.717, 1.165) is 31.5 Å². The van der Waals surface area contributed by atoms with E-state index in [4.69, 9.17) is 0 Å². The zero-order valence-corrected chi connectivity index (χ0v) is 9.70. The van der Waals surface area contributed by atoms with E-state index in [2.05, 4.69) is 5.32 Å². The van der Waals surface area contributed by atoms with E-state index in [1.165, 1.54) is 0 Å². The van der Waals surface area contributed by atoms with Gasteiger partial charge in [-0.05, 0) is 19.4 Å². The number of hydrogen-bond acceptors (Lipinski definition) is 3. The predicted molar refractivity (Wildman–Crippen MR) is 65.2 cm³/mol. The minimum Gasteiger partial charge on any atom is -0.316 e. The van der Waals surface area contributed by atoms with Crippen LogP contribution >= 0.6 is 12.4 Å². The normalized spacial score (nSPS) is 19.9. The molecule has 4 nitrogen and oxygen atoms in total. The molecule has 0 aliphatic carbocycles. The van der Waals surface area contributed by atoms with Crippen molar-refractivity contribution in [1.82, 2.24) is 5.32 Å². The van der Waals surface area contributed by atoms with Crippen LogP contribution in [0.1, 0.15) is 24.3 Å².